The Balaban J connectivity index is 0. The van der Waals surface area contributed by atoms with Gasteiger partial charge in [0, 0.05) is 0 Å². The van der Waals surface area contributed by atoms with Crippen LogP contribution in [0, 0.1) is 0 Å². The number of aliphatic hydroxyl groups excluding tert-OH is 1. The van der Waals surface area contributed by atoms with Crippen LogP contribution < -0.4 is 51.4 Å². The van der Waals surface area contributed by atoms with Crippen LogP contribution in [-0.4, -0.2) is 20.2 Å². The Hall–Kier alpha value is 1.67. The predicted molar refractivity (Wildman–Crippen MR) is 40.2 cm³/mol. The van der Waals surface area contributed by atoms with Crippen LogP contribution in [0.2, 0.25) is 0 Å². The molecule has 0 saturated carbocycles. The molecule has 0 aromatic carbocycles. The molecule has 0 aromatic rings. The van der Waals surface area contributed by atoms with Crippen molar-refractivity contribution in [3.63, 3.8) is 0 Å². The first-order valence-corrected chi connectivity index (χ1v) is 4.61. The Kier molecular flexibility index (Phi) is 14.4. The van der Waals surface area contributed by atoms with E-state index in [1.54, 1.807) is 0 Å². The topological polar surface area (TPSA) is 69.6 Å². The molecule has 0 aliphatic carbocycles. The van der Waals surface area contributed by atoms with E-state index < -0.39 is 17.7 Å². The average molecular weight is 220 g/mol. The maximum absolute atomic E-state index is 9.86. The Morgan fingerprint density at radius 1 is 1.58 bits per heavy atom. The summed E-state index contributed by atoms with van der Waals surface area (Å²) >= 11 is -2.60. The van der Waals surface area contributed by atoms with E-state index >= 15 is 0 Å². The number of hydrogen-bond donors (Lipinski definition) is 1. The first-order valence-electron chi connectivity index (χ1n) is 3.61. The summed E-state index contributed by atoms with van der Waals surface area (Å²) in [7, 11) is 0. The van der Waals surface area contributed by atoms with E-state index in [0.29, 0.717) is 6.42 Å². The van der Waals surface area contributed by atoms with E-state index in [4.69, 9.17) is 5.11 Å². The van der Waals surface area contributed by atoms with Crippen molar-refractivity contribution in [2.45, 2.75) is 38.9 Å². The number of aliphatic hydroxyl groups is 1. The zero-order valence-electron chi connectivity index (χ0n) is 7.49. The van der Waals surface area contributed by atoms with Gasteiger partial charge in [0.2, 0.25) is 0 Å². The van der Waals surface area contributed by atoms with Crippen molar-refractivity contribution < 1.29 is 69.4 Å². The van der Waals surface area contributed by atoms with Gasteiger partial charge in [-0.15, -0.1) is 0 Å². The third kappa shape index (κ3) is 11.7. The number of hydrogen-bond acceptors (Lipinski definition) is 4. The second-order valence-electron chi connectivity index (χ2n) is 2.25. The minimum absolute atomic E-state index is 0. The number of unbranched alkanes of at least 4 members (excludes halogenated alkanes) is 2. The van der Waals surface area contributed by atoms with Crippen molar-refractivity contribution in [2.75, 3.05) is 0 Å². The molecule has 0 aromatic heterocycles. The van der Waals surface area contributed by atoms with Gasteiger partial charge in [-0.2, -0.15) is 0 Å². The summed E-state index contributed by atoms with van der Waals surface area (Å²) in [5, 5.41) is 8.83. The minimum Gasteiger partial charge on any atom is -0.750 e. The van der Waals surface area contributed by atoms with E-state index in [0.717, 1.165) is 19.3 Å². The van der Waals surface area contributed by atoms with Crippen LogP contribution in [0.3, 0.4) is 0 Å². The van der Waals surface area contributed by atoms with Crippen LogP contribution in [-0.2, 0) is 15.5 Å². The zero-order chi connectivity index (χ0) is 8.69. The Bertz CT molecular complexity index is 122. The van der Waals surface area contributed by atoms with Crippen molar-refractivity contribution in [1.29, 1.82) is 0 Å². The Morgan fingerprint density at radius 3 is 2.58 bits per heavy atom. The molecule has 0 heterocycles. The monoisotopic (exact) mass is 220 g/mol. The fourth-order valence-corrected chi connectivity index (χ4v) is 0.985. The van der Waals surface area contributed by atoms with E-state index in [-0.39, 0.29) is 51.4 Å². The largest absolute Gasteiger partial charge is 1.00 e. The molecule has 0 rings (SSSR count). The molecule has 2 unspecified atom stereocenters. The van der Waals surface area contributed by atoms with Gasteiger partial charge in [0.1, 0.15) is 0 Å². The summed E-state index contributed by atoms with van der Waals surface area (Å²) in [6.07, 6.45) is 2.01. The molecule has 4 nitrogen and oxygen atoms in total. The zero-order valence-corrected chi connectivity index (χ0v) is 11.4. The van der Waals surface area contributed by atoms with Crippen LogP contribution in [0.5, 0.6) is 0 Å². The van der Waals surface area contributed by atoms with Gasteiger partial charge in [0.25, 0.3) is 0 Å². The summed E-state index contributed by atoms with van der Waals surface area (Å²) in [6.45, 7) is 2.03. The molecule has 0 spiro atoms. The van der Waals surface area contributed by atoms with Gasteiger partial charge in [-0.3, -0.25) is 4.18 Å². The molecule has 0 amide bonds. The van der Waals surface area contributed by atoms with Crippen molar-refractivity contribution in [3.8, 4) is 0 Å². The molecular formula is C6H13KO4S. The molecule has 0 saturated heterocycles. The van der Waals surface area contributed by atoms with Crippen LogP contribution in [0.1, 0.15) is 32.6 Å². The van der Waals surface area contributed by atoms with Gasteiger partial charge in [0.15, 0.2) is 6.29 Å². The van der Waals surface area contributed by atoms with E-state index in [1.165, 1.54) is 0 Å². The summed E-state index contributed by atoms with van der Waals surface area (Å²) < 4.78 is 23.8. The fourth-order valence-electron chi connectivity index (χ4n) is 0.708. The summed E-state index contributed by atoms with van der Waals surface area (Å²) in [4.78, 5) is 0. The molecule has 0 fully saturated rings. The standard InChI is InChI=1S/C6H14O4S.K/c1-2-3-4-5-6(7)10-11(8)9;/h6-7H,2-5H2,1H3,(H,8,9);/q;+1/p-1. The number of rotatable bonds is 6. The van der Waals surface area contributed by atoms with Crippen molar-refractivity contribution in [1.82, 2.24) is 0 Å². The minimum atomic E-state index is -2.60. The third-order valence-electron chi connectivity index (χ3n) is 1.24. The SMILES string of the molecule is CCCCCC(O)OS(=O)[O-].[K+]. The van der Waals surface area contributed by atoms with E-state index in [2.05, 4.69) is 4.18 Å². The van der Waals surface area contributed by atoms with Crippen molar-refractivity contribution in [3.05, 3.63) is 0 Å². The smallest absolute Gasteiger partial charge is 0.750 e. The maximum Gasteiger partial charge on any atom is 1.00 e. The molecule has 12 heavy (non-hydrogen) atoms. The van der Waals surface area contributed by atoms with Gasteiger partial charge >= 0.3 is 51.4 Å². The first kappa shape index (κ1) is 16.1. The second-order valence-corrected chi connectivity index (χ2v) is 2.85. The van der Waals surface area contributed by atoms with Crippen molar-refractivity contribution in [2.24, 2.45) is 0 Å². The third-order valence-corrected chi connectivity index (χ3v) is 1.62. The quantitative estimate of drug-likeness (QED) is 0.236. The molecule has 6 heteroatoms. The predicted octanol–water partition coefficient (Wildman–Crippen LogP) is -2.30. The molecule has 0 aliphatic rings. The molecule has 0 bridgehead atoms. The van der Waals surface area contributed by atoms with Crippen LogP contribution in [0.15, 0.2) is 0 Å². The summed E-state index contributed by atoms with van der Waals surface area (Å²) in [5.74, 6) is 0. The Labute approximate surface area is 118 Å². The van der Waals surface area contributed by atoms with Gasteiger partial charge < -0.3 is 9.66 Å². The molecule has 1 N–H and O–H groups in total. The van der Waals surface area contributed by atoms with Gasteiger partial charge in [0.05, 0.1) is 11.4 Å². The maximum atomic E-state index is 9.86. The van der Waals surface area contributed by atoms with Crippen LogP contribution >= 0.6 is 0 Å². The van der Waals surface area contributed by atoms with E-state index in [9.17, 15) is 8.76 Å². The Morgan fingerprint density at radius 2 is 2.17 bits per heavy atom. The van der Waals surface area contributed by atoms with Gasteiger partial charge in [-0.05, 0) is 12.8 Å². The molecular weight excluding hydrogens is 207 g/mol. The summed E-state index contributed by atoms with van der Waals surface area (Å²) in [6, 6.07) is 0. The van der Waals surface area contributed by atoms with Gasteiger partial charge in [-0.25, -0.2) is 4.21 Å². The summed E-state index contributed by atoms with van der Waals surface area (Å²) in [5.41, 5.74) is 0. The fraction of sp³-hybridized carbons (Fsp3) is 1.00. The van der Waals surface area contributed by atoms with Crippen LogP contribution in [0.25, 0.3) is 0 Å². The van der Waals surface area contributed by atoms with E-state index in [1.807, 2.05) is 6.92 Å². The second kappa shape index (κ2) is 10.7. The molecule has 2 atom stereocenters. The average Bonchev–Trinajstić information content (AvgIpc) is 1.86. The first-order chi connectivity index (χ1) is 5.16. The van der Waals surface area contributed by atoms with Gasteiger partial charge in [-0.1, -0.05) is 19.8 Å². The molecule has 68 valence electrons. The van der Waals surface area contributed by atoms with Crippen molar-refractivity contribution >= 4 is 11.4 Å². The van der Waals surface area contributed by atoms with Crippen LogP contribution in [0.4, 0.5) is 0 Å². The molecule has 0 aliphatic heterocycles. The molecule has 0 radical (unpaired) electrons. The normalized spacial score (nSPS) is 14.9.